The van der Waals surface area contributed by atoms with Crippen LogP contribution in [0.25, 0.3) is 0 Å². The summed E-state index contributed by atoms with van der Waals surface area (Å²) >= 11 is 11.9. The van der Waals surface area contributed by atoms with E-state index in [1.807, 2.05) is 6.92 Å². The number of benzene rings is 1. The molecule has 3 unspecified atom stereocenters. The summed E-state index contributed by atoms with van der Waals surface area (Å²) in [5, 5.41) is 12.5. The molecule has 0 bridgehead atoms. The van der Waals surface area contributed by atoms with Gasteiger partial charge in [0.25, 0.3) is 0 Å². The van der Waals surface area contributed by atoms with Gasteiger partial charge < -0.3 is 10.4 Å². The van der Waals surface area contributed by atoms with E-state index in [-0.39, 0.29) is 16.8 Å². The van der Waals surface area contributed by atoms with Crippen LogP contribution in [0.5, 0.6) is 0 Å². The average Bonchev–Trinajstić information content (AvgIpc) is 2.77. The number of carboxylic acids is 1. The van der Waals surface area contributed by atoms with Crippen LogP contribution in [-0.2, 0) is 9.59 Å². The summed E-state index contributed by atoms with van der Waals surface area (Å²) < 4.78 is 0. The Morgan fingerprint density at radius 1 is 1.25 bits per heavy atom. The lowest BCUT2D eigenvalue weighted by Crippen LogP contribution is -2.30. The molecule has 1 fully saturated rings. The predicted molar refractivity (Wildman–Crippen MR) is 78.1 cm³/mol. The highest BCUT2D eigenvalue weighted by molar-refractivity contribution is 6.44. The van der Waals surface area contributed by atoms with E-state index in [2.05, 4.69) is 5.32 Å². The van der Waals surface area contributed by atoms with Gasteiger partial charge in [-0.3, -0.25) is 9.59 Å². The van der Waals surface area contributed by atoms with Gasteiger partial charge in [0, 0.05) is 0 Å². The second-order valence-electron chi connectivity index (χ2n) is 5.22. The SMILES string of the molecule is CC1CC(C(=O)O)C(C(=O)Nc2cccc(Cl)c2Cl)C1. The van der Waals surface area contributed by atoms with E-state index in [1.165, 1.54) is 0 Å². The average molecular weight is 316 g/mol. The van der Waals surface area contributed by atoms with Crippen molar-refractivity contribution < 1.29 is 14.7 Å². The Morgan fingerprint density at radius 3 is 2.55 bits per heavy atom. The summed E-state index contributed by atoms with van der Waals surface area (Å²) in [5.41, 5.74) is 0.410. The maximum absolute atomic E-state index is 12.3. The molecule has 0 aromatic heterocycles. The van der Waals surface area contributed by atoms with E-state index in [4.69, 9.17) is 23.2 Å². The molecule has 0 saturated heterocycles. The van der Waals surface area contributed by atoms with Gasteiger partial charge in [-0.2, -0.15) is 0 Å². The highest BCUT2D eigenvalue weighted by Crippen LogP contribution is 2.38. The summed E-state index contributed by atoms with van der Waals surface area (Å²) in [6.07, 6.45) is 1.09. The predicted octanol–water partition coefficient (Wildman–Crippen LogP) is 3.68. The Balaban J connectivity index is 2.15. The number of carbonyl (C=O) groups excluding carboxylic acids is 1. The second-order valence-corrected chi connectivity index (χ2v) is 6.00. The van der Waals surface area contributed by atoms with Crippen molar-refractivity contribution in [3.63, 3.8) is 0 Å². The van der Waals surface area contributed by atoms with Crippen LogP contribution in [0.2, 0.25) is 10.0 Å². The molecule has 3 atom stereocenters. The van der Waals surface area contributed by atoms with Crippen molar-refractivity contribution in [3.05, 3.63) is 28.2 Å². The fraction of sp³-hybridized carbons (Fsp3) is 0.429. The van der Waals surface area contributed by atoms with E-state index in [1.54, 1.807) is 18.2 Å². The lowest BCUT2D eigenvalue weighted by molar-refractivity contribution is -0.145. The number of nitrogens with one attached hydrogen (secondary N) is 1. The van der Waals surface area contributed by atoms with Crippen LogP contribution in [0.15, 0.2) is 18.2 Å². The zero-order chi connectivity index (χ0) is 14.9. The van der Waals surface area contributed by atoms with Crippen LogP contribution in [0.4, 0.5) is 5.69 Å². The van der Waals surface area contributed by atoms with Crippen molar-refractivity contribution in [3.8, 4) is 0 Å². The molecule has 1 aliphatic carbocycles. The number of halogens is 2. The highest BCUT2D eigenvalue weighted by atomic mass is 35.5. The van der Waals surface area contributed by atoms with Gasteiger partial charge in [-0.15, -0.1) is 0 Å². The van der Waals surface area contributed by atoms with Crippen molar-refractivity contribution >= 4 is 40.8 Å². The van der Waals surface area contributed by atoms with E-state index in [9.17, 15) is 14.7 Å². The monoisotopic (exact) mass is 315 g/mol. The van der Waals surface area contributed by atoms with Gasteiger partial charge in [0.05, 0.1) is 27.6 Å². The molecule has 2 N–H and O–H groups in total. The van der Waals surface area contributed by atoms with Gasteiger partial charge in [0.2, 0.25) is 5.91 Å². The number of rotatable bonds is 3. The molecule has 0 radical (unpaired) electrons. The van der Waals surface area contributed by atoms with Gasteiger partial charge in [-0.05, 0) is 30.9 Å². The first-order valence-corrected chi connectivity index (χ1v) is 7.13. The van der Waals surface area contributed by atoms with Gasteiger partial charge >= 0.3 is 5.97 Å². The fourth-order valence-corrected chi connectivity index (χ4v) is 3.03. The molecule has 0 aliphatic heterocycles. The molecule has 6 heteroatoms. The molecule has 0 spiro atoms. The smallest absolute Gasteiger partial charge is 0.307 e. The Morgan fingerprint density at radius 2 is 1.90 bits per heavy atom. The standard InChI is InChI=1S/C14H15Cl2NO3/c1-7-5-8(9(6-7)14(19)20)13(18)17-11-4-2-3-10(15)12(11)16/h2-4,7-9H,5-6H2,1H3,(H,17,18)(H,19,20). The molecule has 0 heterocycles. The van der Waals surface area contributed by atoms with Crippen LogP contribution < -0.4 is 5.32 Å². The van der Waals surface area contributed by atoms with E-state index in [0.717, 1.165) is 0 Å². The molecule has 1 saturated carbocycles. The summed E-state index contributed by atoms with van der Waals surface area (Å²) in [5.74, 6) is -2.18. The second kappa shape index (κ2) is 6.02. The lowest BCUT2D eigenvalue weighted by Gasteiger charge is -2.16. The Labute approximate surface area is 127 Å². The molecule has 1 aromatic rings. The van der Waals surface area contributed by atoms with Crippen molar-refractivity contribution in [2.24, 2.45) is 17.8 Å². The van der Waals surface area contributed by atoms with E-state index >= 15 is 0 Å². The van der Waals surface area contributed by atoms with Crippen molar-refractivity contribution in [1.82, 2.24) is 0 Å². The molecular formula is C14H15Cl2NO3. The number of hydrogen-bond donors (Lipinski definition) is 2. The van der Waals surface area contributed by atoms with Crippen LogP contribution >= 0.6 is 23.2 Å². The third-order valence-electron chi connectivity index (χ3n) is 3.66. The Bertz CT molecular complexity index is 547. The Kier molecular flexibility index (Phi) is 4.55. The molecule has 1 aliphatic rings. The first-order valence-electron chi connectivity index (χ1n) is 6.37. The molecule has 20 heavy (non-hydrogen) atoms. The highest BCUT2D eigenvalue weighted by Gasteiger charge is 2.41. The third-order valence-corrected chi connectivity index (χ3v) is 4.48. The van der Waals surface area contributed by atoms with E-state index in [0.29, 0.717) is 23.6 Å². The van der Waals surface area contributed by atoms with Gasteiger partial charge in [0.1, 0.15) is 0 Å². The summed E-state index contributed by atoms with van der Waals surface area (Å²) in [4.78, 5) is 23.5. The van der Waals surface area contributed by atoms with Gasteiger partial charge in [-0.25, -0.2) is 0 Å². The number of carbonyl (C=O) groups is 2. The zero-order valence-electron chi connectivity index (χ0n) is 10.9. The van der Waals surface area contributed by atoms with Gasteiger partial charge in [0.15, 0.2) is 0 Å². The number of aliphatic carboxylic acids is 1. The molecule has 1 aromatic carbocycles. The van der Waals surface area contributed by atoms with Crippen molar-refractivity contribution in [2.75, 3.05) is 5.32 Å². The largest absolute Gasteiger partial charge is 0.481 e. The molecule has 1 amide bonds. The quantitative estimate of drug-likeness (QED) is 0.894. The normalized spacial score (nSPS) is 25.4. The Hall–Kier alpha value is -1.26. The summed E-state index contributed by atoms with van der Waals surface area (Å²) in [6, 6.07) is 4.94. The van der Waals surface area contributed by atoms with Crippen molar-refractivity contribution in [1.29, 1.82) is 0 Å². The third kappa shape index (κ3) is 3.07. The lowest BCUT2D eigenvalue weighted by atomic mass is 9.95. The van der Waals surface area contributed by atoms with Crippen LogP contribution in [0.1, 0.15) is 19.8 Å². The zero-order valence-corrected chi connectivity index (χ0v) is 12.4. The first-order chi connectivity index (χ1) is 9.40. The molecule has 108 valence electrons. The molecule has 4 nitrogen and oxygen atoms in total. The first kappa shape index (κ1) is 15.1. The van der Waals surface area contributed by atoms with Gasteiger partial charge in [-0.1, -0.05) is 36.2 Å². The summed E-state index contributed by atoms with van der Waals surface area (Å²) in [6.45, 7) is 1.95. The maximum atomic E-state index is 12.3. The minimum atomic E-state index is -0.924. The van der Waals surface area contributed by atoms with Crippen LogP contribution in [-0.4, -0.2) is 17.0 Å². The number of amides is 1. The number of carboxylic acid groups (broad SMARTS) is 1. The van der Waals surface area contributed by atoms with E-state index < -0.39 is 17.8 Å². The number of anilines is 1. The number of hydrogen-bond acceptors (Lipinski definition) is 2. The maximum Gasteiger partial charge on any atom is 0.307 e. The fourth-order valence-electron chi connectivity index (χ4n) is 2.68. The van der Waals surface area contributed by atoms with Crippen molar-refractivity contribution in [2.45, 2.75) is 19.8 Å². The van der Waals surface area contributed by atoms with Crippen LogP contribution in [0.3, 0.4) is 0 Å². The topological polar surface area (TPSA) is 66.4 Å². The molecular weight excluding hydrogens is 301 g/mol. The van der Waals surface area contributed by atoms with Crippen LogP contribution in [0, 0.1) is 17.8 Å². The molecule has 2 rings (SSSR count). The minimum Gasteiger partial charge on any atom is -0.481 e. The minimum absolute atomic E-state index is 0.224. The summed E-state index contributed by atoms with van der Waals surface area (Å²) in [7, 11) is 0.